The fourth-order valence-electron chi connectivity index (χ4n) is 23.1. The molecule has 30 aromatic rings. The number of fused-ring (bicyclic) bond motifs is 22. The lowest BCUT2D eigenvalue weighted by atomic mass is 9.93. The van der Waals surface area contributed by atoms with E-state index < -0.39 is 0 Å². The van der Waals surface area contributed by atoms with Crippen molar-refractivity contribution in [3.63, 3.8) is 0 Å². The molecule has 0 unspecified atom stereocenters. The molecule has 0 aliphatic carbocycles. The van der Waals surface area contributed by atoms with E-state index >= 15 is 0 Å². The van der Waals surface area contributed by atoms with E-state index in [4.69, 9.17) is 9.97 Å². The van der Waals surface area contributed by atoms with Crippen LogP contribution in [0.1, 0.15) is 0 Å². The van der Waals surface area contributed by atoms with Crippen molar-refractivity contribution < 1.29 is 0 Å². The second-order valence-corrected chi connectivity index (χ2v) is 38.2. The molecule has 0 atom stereocenters. The molecule has 692 valence electrons. The first-order valence-electron chi connectivity index (χ1n) is 50.7. The molecule has 8 nitrogen and oxygen atoms in total. The molecule has 0 saturated heterocycles. The third kappa shape index (κ3) is 14.8. The highest BCUT2D eigenvalue weighted by atomic mass is 15.0. The van der Waals surface area contributed by atoms with Crippen LogP contribution in [0.15, 0.2) is 558 Å². The molecule has 0 N–H and O–H groups in total. The number of aromatic nitrogens is 8. The van der Waals surface area contributed by atoms with Crippen molar-refractivity contribution in [2.75, 3.05) is 0 Å². The van der Waals surface area contributed by atoms with Gasteiger partial charge >= 0.3 is 0 Å². The van der Waals surface area contributed by atoms with Gasteiger partial charge < -0.3 is 27.4 Å². The number of hydrogen-bond acceptors (Lipinski definition) is 2. The van der Waals surface area contributed by atoms with Crippen LogP contribution in [0.4, 0.5) is 0 Å². The number of hydrogen-bond donors (Lipinski definition) is 0. The summed E-state index contributed by atoms with van der Waals surface area (Å²) < 4.78 is 14.5. The minimum Gasteiger partial charge on any atom is -0.309 e. The van der Waals surface area contributed by atoms with Gasteiger partial charge in [0.05, 0.1) is 77.4 Å². The van der Waals surface area contributed by atoms with Gasteiger partial charge in [0.25, 0.3) is 0 Å². The van der Waals surface area contributed by atoms with Crippen LogP contribution in [0.25, 0.3) is 265 Å². The second-order valence-electron chi connectivity index (χ2n) is 38.2. The van der Waals surface area contributed by atoms with Crippen molar-refractivity contribution >= 4 is 142 Å². The van der Waals surface area contributed by atoms with E-state index in [0.717, 1.165) is 56.0 Å². The van der Waals surface area contributed by atoms with Crippen molar-refractivity contribution in [1.82, 2.24) is 37.4 Å². The molecule has 0 fully saturated rings. The van der Waals surface area contributed by atoms with Crippen molar-refractivity contribution in [2.24, 2.45) is 0 Å². The fourth-order valence-corrected chi connectivity index (χ4v) is 23.1. The van der Waals surface area contributed by atoms with Crippen molar-refractivity contribution in [1.29, 1.82) is 0 Å². The quantitative estimate of drug-likeness (QED) is 0.109. The Morgan fingerprint density at radius 3 is 0.669 bits per heavy atom. The van der Waals surface area contributed by atoms with Gasteiger partial charge in [-0.3, -0.25) is 0 Å². The van der Waals surface area contributed by atoms with Gasteiger partial charge in [-0.15, -0.1) is 0 Å². The van der Waals surface area contributed by atoms with Gasteiger partial charge in [-0.1, -0.05) is 376 Å². The van der Waals surface area contributed by atoms with Gasteiger partial charge in [0.2, 0.25) is 0 Å². The summed E-state index contributed by atoms with van der Waals surface area (Å²) in [5.41, 5.74) is 39.7. The summed E-state index contributed by atoms with van der Waals surface area (Å²) in [4.78, 5) is 10.3. The maximum absolute atomic E-state index is 5.23. The van der Waals surface area contributed by atoms with Crippen molar-refractivity contribution in [2.45, 2.75) is 0 Å². The Morgan fingerprint density at radius 1 is 0.115 bits per heavy atom. The Kier molecular flexibility index (Phi) is 21.1. The highest BCUT2D eigenvalue weighted by Gasteiger charge is 2.28. The van der Waals surface area contributed by atoms with Gasteiger partial charge in [0.1, 0.15) is 0 Å². The predicted molar refractivity (Wildman–Crippen MR) is 622 cm³/mol. The van der Waals surface area contributed by atoms with Gasteiger partial charge in [0, 0.05) is 115 Å². The maximum Gasteiger partial charge on any atom is 0.160 e. The molecule has 0 radical (unpaired) electrons. The van der Waals surface area contributed by atoms with Gasteiger partial charge in [0.15, 0.2) is 5.82 Å². The van der Waals surface area contributed by atoms with Gasteiger partial charge in [-0.2, -0.15) is 0 Å². The first kappa shape index (κ1) is 86.1. The maximum atomic E-state index is 5.23. The highest BCUT2D eigenvalue weighted by Crippen LogP contribution is 2.50. The summed E-state index contributed by atoms with van der Waals surface area (Å²) in [5, 5.41) is 16.1. The molecule has 0 saturated carbocycles. The molecular formula is C140H92N8. The van der Waals surface area contributed by atoms with E-state index in [1.165, 1.54) is 203 Å². The third-order valence-corrected chi connectivity index (χ3v) is 29.7. The monoisotopic (exact) mass is 1880 g/mol. The molecule has 23 aromatic carbocycles. The van der Waals surface area contributed by atoms with E-state index in [1.807, 2.05) is 12.1 Å². The molecule has 0 amide bonds. The van der Waals surface area contributed by atoms with Crippen molar-refractivity contribution in [3.05, 3.63) is 558 Å². The minimum absolute atomic E-state index is 0.717. The summed E-state index contributed by atoms with van der Waals surface area (Å²) >= 11 is 0. The van der Waals surface area contributed by atoms with Crippen LogP contribution in [0, 0.1) is 0 Å². The summed E-state index contributed by atoms with van der Waals surface area (Å²) in [7, 11) is 0. The van der Waals surface area contributed by atoms with E-state index in [0.29, 0.717) is 5.82 Å². The van der Waals surface area contributed by atoms with Crippen LogP contribution >= 0.6 is 0 Å². The van der Waals surface area contributed by atoms with Crippen molar-refractivity contribution in [3.8, 4) is 124 Å². The van der Waals surface area contributed by atoms with E-state index in [-0.39, 0.29) is 0 Å². The smallest absolute Gasteiger partial charge is 0.160 e. The number of benzene rings is 23. The summed E-state index contributed by atoms with van der Waals surface area (Å²) in [6.45, 7) is 0. The first-order chi connectivity index (χ1) is 73.5. The fraction of sp³-hybridized carbons (Fsp3) is 0. The standard InChI is InChI=1S/2C48H32N2.C44H28N4/c1-5-15-33(16-6-1)36-29-37(34-17-7-2-8-18-34)31-38(30-36)35-25-26-42-46(32-35)50(40-21-11-4-12-22-40)45-28-27-44-47(48(42)45)41-23-13-14-24-43(41)49(44)39-19-9-3-10-20-39;1-4-12-33(13-5-1)34-20-22-35(23-21-34)36-24-26-37(27-25-36)38-28-29-42-46(32-38)50(40-16-8-3-9-17-40)45-31-30-44-47(48(42)45)41-18-10-11-19-43(41)49(44)39-14-6-2-7-15-39;1-4-14-29(15-5-1)43-33-20-10-12-22-36(33)45-44(46-43)30-24-25-38-35(28-30)42-40(48(38)32-18-8-3-9-19-32)27-26-39-41(42)34-21-11-13-23-37(34)47(39)31-16-6-2-7-17-31/h2*1-32H;1-28H. The zero-order valence-electron chi connectivity index (χ0n) is 80.7. The number of para-hydroxylation sites is 10. The topological polar surface area (TPSA) is 55.4 Å². The molecule has 8 heteroatoms. The van der Waals surface area contributed by atoms with Crippen LogP contribution in [0.2, 0.25) is 0 Å². The SMILES string of the molecule is c1ccc(-c2cc(-c3ccccc3)cc(-c3ccc4c5c6c7ccccc7n(-c7ccccc7)c6ccc5n(-c5ccccc5)c4c3)c2)cc1.c1ccc(-c2ccc(-c3ccc(-c4ccc5c6c7c8ccccc8n(-c8ccccc8)c7ccc6n(-c6ccccc6)c5c4)cc3)cc2)cc1.c1ccc(-c2nc(-c3ccc4c(c3)c3c5c6ccccc6n(-c6ccccc6)c5ccc3n4-c3ccccc3)nc3ccccc23)cc1. The Balaban J connectivity index is 0.000000107. The lowest BCUT2D eigenvalue weighted by Gasteiger charge is -2.12. The minimum atomic E-state index is 0.717. The van der Waals surface area contributed by atoms with Gasteiger partial charge in [-0.05, 0) is 249 Å². The summed E-state index contributed by atoms with van der Waals surface area (Å²) in [6.07, 6.45) is 0. The summed E-state index contributed by atoms with van der Waals surface area (Å²) in [6, 6.07) is 201. The highest BCUT2D eigenvalue weighted by molar-refractivity contribution is 6.32. The zero-order chi connectivity index (χ0) is 97.6. The molecule has 0 aliphatic heterocycles. The second kappa shape index (κ2) is 36.3. The van der Waals surface area contributed by atoms with Gasteiger partial charge in [-0.25, -0.2) is 9.97 Å². The Labute approximate surface area is 854 Å². The van der Waals surface area contributed by atoms with Crippen LogP contribution in [-0.4, -0.2) is 37.4 Å². The molecule has 0 bridgehead atoms. The van der Waals surface area contributed by atoms with Crippen LogP contribution < -0.4 is 0 Å². The van der Waals surface area contributed by atoms with E-state index in [1.54, 1.807) is 0 Å². The van der Waals surface area contributed by atoms with E-state index in [2.05, 4.69) is 573 Å². The molecule has 0 aliphatic rings. The Morgan fingerprint density at radius 2 is 0.331 bits per heavy atom. The molecule has 0 spiro atoms. The average molecular weight is 1890 g/mol. The lowest BCUT2D eigenvalue weighted by Crippen LogP contribution is -1.96. The largest absolute Gasteiger partial charge is 0.309 e. The number of nitrogens with zero attached hydrogens (tertiary/aromatic N) is 8. The number of rotatable bonds is 14. The third-order valence-electron chi connectivity index (χ3n) is 29.7. The van der Waals surface area contributed by atoms with E-state index in [9.17, 15) is 0 Å². The zero-order valence-corrected chi connectivity index (χ0v) is 80.7. The van der Waals surface area contributed by atoms with Crippen LogP contribution in [0.5, 0.6) is 0 Å². The predicted octanol–water partition coefficient (Wildman–Crippen LogP) is 36.9. The van der Waals surface area contributed by atoms with Crippen LogP contribution in [0.3, 0.4) is 0 Å². The Hall–Kier alpha value is -19.8. The summed E-state index contributed by atoms with van der Waals surface area (Å²) in [5.74, 6) is 0.717. The molecular weight excluding hydrogens is 1790 g/mol. The molecule has 148 heavy (non-hydrogen) atoms. The molecule has 30 rings (SSSR count). The van der Waals surface area contributed by atoms with Crippen LogP contribution in [-0.2, 0) is 0 Å². The first-order valence-corrected chi connectivity index (χ1v) is 50.7. The average Bonchev–Trinajstić information content (AvgIpc) is 1.55. The Bertz CT molecular complexity index is 10300. The molecule has 7 heterocycles. The normalized spacial score (nSPS) is 11.6. The molecule has 7 aromatic heterocycles. The lowest BCUT2D eigenvalue weighted by molar-refractivity contribution is 1.17.